The lowest BCUT2D eigenvalue weighted by Gasteiger charge is -2.35. The van der Waals surface area contributed by atoms with Gasteiger partial charge in [-0.1, -0.05) is 36.4 Å². The normalized spacial score (nSPS) is 22.7. The number of hydrogen-bond donors (Lipinski definition) is 1. The second-order valence-corrected chi connectivity index (χ2v) is 8.64. The summed E-state index contributed by atoms with van der Waals surface area (Å²) in [6.45, 7) is 6.71. The van der Waals surface area contributed by atoms with E-state index in [-0.39, 0.29) is 36.8 Å². The first-order chi connectivity index (χ1) is 13.2. The first kappa shape index (κ1) is 24.1. The van der Waals surface area contributed by atoms with Gasteiger partial charge in [0.25, 0.3) is 0 Å². The molecular formula is C21H30Cl2N4OS. The number of hydrogen-bond acceptors (Lipinski definition) is 5. The van der Waals surface area contributed by atoms with E-state index in [1.807, 2.05) is 11.0 Å². The topological polar surface area (TPSA) is 52.8 Å². The highest BCUT2D eigenvalue weighted by Crippen LogP contribution is 2.26. The number of carbonyl (C=O) groups is 1. The van der Waals surface area contributed by atoms with Gasteiger partial charge in [-0.25, -0.2) is 0 Å². The maximum atomic E-state index is 12.8. The average molecular weight is 457 g/mol. The fourth-order valence-electron chi connectivity index (χ4n) is 4.17. The number of nitrogens with zero attached hydrogens (tertiary/aromatic N) is 3. The molecule has 1 aromatic heterocycles. The number of piperazine rings is 1. The molecule has 2 atom stereocenters. The van der Waals surface area contributed by atoms with Crippen molar-refractivity contribution in [2.24, 2.45) is 5.73 Å². The number of nitrogens with two attached hydrogens (primary N) is 1. The SMILES string of the molecule is Cl.Cl.N[C@@H]1CN(CC(=O)N2CCN(Cc3cccs3)CC2)C[C@H]1c1ccccc1. The van der Waals surface area contributed by atoms with Gasteiger partial charge in [0, 0.05) is 62.7 Å². The summed E-state index contributed by atoms with van der Waals surface area (Å²) in [5.74, 6) is 0.563. The Morgan fingerprint density at radius 1 is 0.966 bits per heavy atom. The minimum absolute atomic E-state index is 0. The van der Waals surface area contributed by atoms with Crippen LogP contribution >= 0.6 is 36.2 Å². The predicted octanol–water partition coefficient (Wildman–Crippen LogP) is 2.66. The van der Waals surface area contributed by atoms with E-state index in [0.717, 1.165) is 45.8 Å². The number of thiophene rings is 1. The lowest BCUT2D eigenvalue weighted by Crippen LogP contribution is -2.50. The molecule has 160 valence electrons. The molecule has 2 aromatic rings. The summed E-state index contributed by atoms with van der Waals surface area (Å²) in [5.41, 5.74) is 7.65. The van der Waals surface area contributed by atoms with E-state index in [0.29, 0.717) is 12.5 Å². The lowest BCUT2D eigenvalue weighted by atomic mass is 9.95. The molecule has 1 aromatic carbocycles. The molecule has 2 N–H and O–H groups in total. The van der Waals surface area contributed by atoms with E-state index in [9.17, 15) is 4.79 Å². The minimum Gasteiger partial charge on any atom is -0.339 e. The highest BCUT2D eigenvalue weighted by atomic mass is 35.5. The highest BCUT2D eigenvalue weighted by molar-refractivity contribution is 7.09. The second kappa shape index (κ2) is 11.3. The first-order valence-electron chi connectivity index (χ1n) is 9.74. The molecular weight excluding hydrogens is 427 g/mol. The Balaban J connectivity index is 0.00000150. The van der Waals surface area contributed by atoms with Gasteiger partial charge in [0.15, 0.2) is 0 Å². The Labute approximate surface area is 189 Å². The predicted molar refractivity (Wildman–Crippen MR) is 124 cm³/mol. The number of amides is 1. The quantitative estimate of drug-likeness (QED) is 0.750. The molecule has 0 saturated carbocycles. The van der Waals surface area contributed by atoms with Crippen LogP contribution in [0.25, 0.3) is 0 Å². The van der Waals surface area contributed by atoms with Crippen molar-refractivity contribution in [3.8, 4) is 0 Å². The Morgan fingerprint density at radius 3 is 2.34 bits per heavy atom. The zero-order chi connectivity index (χ0) is 18.6. The van der Waals surface area contributed by atoms with Gasteiger partial charge in [0.1, 0.15) is 0 Å². The van der Waals surface area contributed by atoms with Crippen LogP contribution in [0, 0.1) is 0 Å². The number of rotatable bonds is 5. The molecule has 3 heterocycles. The van der Waals surface area contributed by atoms with Gasteiger partial charge >= 0.3 is 0 Å². The Morgan fingerprint density at radius 2 is 1.69 bits per heavy atom. The van der Waals surface area contributed by atoms with Gasteiger partial charge in [-0.3, -0.25) is 14.6 Å². The molecule has 2 saturated heterocycles. The lowest BCUT2D eigenvalue weighted by molar-refractivity contribution is -0.134. The van der Waals surface area contributed by atoms with Crippen LogP contribution in [0.1, 0.15) is 16.4 Å². The average Bonchev–Trinajstić information content (AvgIpc) is 3.32. The molecule has 0 radical (unpaired) electrons. The molecule has 2 fully saturated rings. The van der Waals surface area contributed by atoms with Gasteiger partial charge in [0.2, 0.25) is 5.91 Å². The fraction of sp³-hybridized carbons (Fsp3) is 0.476. The molecule has 5 nitrogen and oxygen atoms in total. The standard InChI is InChI=1S/C21H28N4OS.2ClH/c22-20-15-24(14-19(20)17-5-2-1-3-6-17)16-21(26)25-10-8-23(9-11-25)13-18-7-4-12-27-18;;/h1-7,12,19-20H,8-11,13-16,22H2;2*1H/t19-,20+;;/m0../s1. The van der Waals surface area contributed by atoms with Gasteiger partial charge in [-0.15, -0.1) is 36.2 Å². The Bertz CT molecular complexity index is 738. The van der Waals surface area contributed by atoms with E-state index in [1.54, 1.807) is 11.3 Å². The maximum absolute atomic E-state index is 12.8. The van der Waals surface area contributed by atoms with Crippen LogP contribution in [0.5, 0.6) is 0 Å². The number of benzene rings is 1. The molecule has 0 spiro atoms. The summed E-state index contributed by atoms with van der Waals surface area (Å²) in [5, 5.41) is 2.12. The van der Waals surface area contributed by atoms with Crippen molar-refractivity contribution in [2.45, 2.75) is 18.5 Å². The summed E-state index contributed by atoms with van der Waals surface area (Å²) in [6.07, 6.45) is 0. The van der Waals surface area contributed by atoms with E-state index >= 15 is 0 Å². The van der Waals surface area contributed by atoms with Crippen LogP contribution in [0.15, 0.2) is 47.8 Å². The van der Waals surface area contributed by atoms with Gasteiger partial charge in [-0.2, -0.15) is 0 Å². The van der Waals surface area contributed by atoms with E-state index in [1.165, 1.54) is 10.4 Å². The van der Waals surface area contributed by atoms with Gasteiger partial charge in [-0.05, 0) is 17.0 Å². The molecule has 8 heteroatoms. The molecule has 1 amide bonds. The maximum Gasteiger partial charge on any atom is 0.236 e. The van der Waals surface area contributed by atoms with Crippen molar-refractivity contribution in [1.29, 1.82) is 0 Å². The third kappa shape index (κ3) is 6.17. The molecule has 2 aliphatic rings. The second-order valence-electron chi connectivity index (χ2n) is 7.61. The summed E-state index contributed by atoms with van der Waals surface area (Å²) in [6, 6.07) is 14.8. The third-order valence-corrected chi connectivity index (χ3v) is 6.57. The summed E-state index contributed by atoms with van der Waals surface area (Å²) in [7, 11) is 0. The molecule has 29 heavy (non-hydrogen) atoms. The minimum atomic E-state index is 0. The number of carbonyl (C=O) groups excluding carboxylic acids is 1. The van der Waals surface area contributed by atoms with E-state index in [4.69, 9.17) is 5.73 Å². The van der Waals surface area contributed by atoms with Crippen molar-refractivity contribution in [1.82, 2.24) is 14.7 Å². The Hall–Kier alpha value is -1.15. The van der Waals surface area contributed by atoms with E-state index in [2.05, 4.69) is 51.6 Å². The van der Waals surface area contributed by atoms with Crippen molar-refractivity contribution >= 4 is 42.1 Å². The van der Waals surface area contributed by atoms with Crippen LogP contribution in [-0.2, 0) is 11.3 Å². The molecule has 0 aliphatic carbocycles. The van der Waals surface area contributed by atoms with Crippen molar-refractivity contribution in [3.05, 3.63) is 58.3 Å². The summed E-state index contributed by atoms with van der Waals surface area (Å²) >= 11 is 1.80. The zero-order valence-corrected chi connectivity index (χ0v) is 18.9. The third-order valence-electron chi connectivity index (χ3n) is 5.71. The first-order valence-corrected chi connectivity index (χ1v) is 10.6. The summed E-state index contributed by atoms with van der Waals surface area (Å²) in [4.78, 5) is 20.8. The molecule has 0 unspecified atom stereocenters. The molecule has 2 aliphatic heterocycles. The molecule has 0 bridgehead atoms. The van der Waals surface area contributed by atoms with Crippen LogP contribution < -0.4 is 5.73 Å². The van der Waals surface area contributed by atoms with Crippen LogP contribution in [0.2, 0.25) is 0 Å². The zero-order valence-electron chi connectivity index (χ0n) is 16.5. The van der Waals surface area contributed by atoms with Crippen molar-refractivity contribution in [3.63, 3.8) is 0 Å². The Kier molecular flexibility index (Phi) is 9.40. The van der Waals surface area contributed by atoms with Crippen molar-refractivity contribution < 1.29 is 4.79 Å². The van der Waals surface area contributed by atoms with Gasteiger partial charge < -0.3 is 10.6 Å². The largest absolute Gasteiger partial charge is 0.339 e. The molecule has 4 rings (SSSR count). The smallest absolute Gasteiger partial charge is 0.236 e. The summed E-state index contributed by atoms with van der Waals surface area (Å²) < 4.78 is 0. The monoisotopic (exact) mass is 456 g/mol. The number of likely N-dealkylation sites (tertiary alicyclic amines) is 1. The van der Waals surface area contributed by atoms with Crippen LogP contribution in [-0.4, -0.2) is 72.5 Å². The fourth-order valence-corrected chi connectivity index (χ4v) is 4.91. The van der Waals surface area contributed by atoms with Crippen LogP contribution in [0.4, 0.5) is 0 Å². The highest BCUT2D eigenvalue weighted by Gasteiger charge is 2.33. The number of halogens is 2. The van der Waals surface area contributed by atoms with Gasteiger partial charge in [0.05, 0.1) is 6.54 Å². The van der Waals surface area contributed by atoms with E-state index < -0.39 is 0 Å². The van der Waals surface area contributed by atoms with Crippen molar-refractivity contribution in [2.75, 3.05) is 45.8 Å². The van der Waals surface area contributed by atoms with Crippen LogP contribution in [0.3, 0.4) is 0 Å².